The minimum absolute atomic E-state index is 0.112. The summed E-state index contributed by atoms with van der Waals surface area (Å²) in [4.78, 5) is 37.1. The SMILES string of the molecule is Cc1[nH]cnc1CSCCN=C(NCCSCc1nc[nH]c1C)NP(=O)(O)O. The summed E-state index contributed by atoms with van der Waals surface area (Å²) in [5.74, 6) is 3.12. The summed E-state index contributed by atoms with van der Waals surface area (Å²) in [7, 11) is -4.41. The molecule has 0 amide bonds. The van der Waals surface area contributed by atoms with Crippen molar-refractivity contribution in [2.75, 3.05) is 24.6 Å². The van der Waals surface area contributed by atoms with Gasteiger partial charge in [0.25, 0.3) is 0 Å². The van der Waals surface area contributed by atoms with Crippen LogP contribution in [-0.4, -0.2) is 60.3 Å². The molecule has 0 aliphatic rings. The van der Waals surface area contributed by atoms with Crippen LogP contribution in [0.1, 0.15) is 22.8 Å². The Morgan fingerprint density at radius 2 is 1.68 bits per heavy atom. The van der Waals surface area contributed by atoms with Gasteiger partial charge in [-0.2, -0.15) is 23.5 Å². The molecule has 0 saturated heterocycles. The van der Waals surface area contributed by atoms with Crippen LogP contribution in [0, 0.1) is 13.8 Å². The van der Waals surface area contributed by atoms with E-state index in [4.69, 9.17) is 9.79 Å². The highest BCUT2D eigenvalue weighted by Crippen LogP contribution is 2.27. The Kier molecular flexibility index (Phi) is 9.39. The van der Waals surface area contributed by atoms with Crippen molar-refractivity contribution >= 4 is 37.2 Å². The van der Waals surface area contributed by atoms with Crippen LogP contribution in [0.3, 0.4) is 0 Å². The zero-order valence-corrected chi connectivity index (χ0v) is 18.3. The third kappa shape index (κ3) is 8.70. The molecule has 13 heteroatoms. The maximum absolute atomic E-state index is 11.2. The van der Waals surface area contributed by atoms with E-state index in [0.717, 1.165) is 40.0 Å². The van der Waals surface area contributed by atoms with Crippen molar-refractivity contribution in [1.29, 1.82) is 0 Å². The highest BCUT2D eigenvalue weighted by molar-refractivity contribution is 7.98. The number of imidazole rings is 2. The van der Waals surface area contributed by atoms with Crippen LogP contribution in [0.15, 0.2) is 17.6 Å². The molecule has 0 atom stereocenters. The first-order valence-electron chi connectivity index (χ1n) is 8.60. The lowest BCUT2D eigenvalue weighted by atomic mass is 10.4. The van der Waals surface area contributed by atoms with Crippen LogP contribution in [0.25, 0.3) is 0 Å². The number of hydrogen-bond donors (Lipinski definition) is 6. The standard InChI is InChI=1S/C15H26N7O3PS2/c1-11-13(20-9-18-11)7-27-5-3-16-15(22-26(23,24)25)17-4-6-28-8-14-12(2)19-10-21-14/h9-10H,3-8H2,1-2H3,(H,18,20)(H,19,21)(H4,16,17,22,23,24,25). The molecule has 2 aromatic rings. The van der Waals surface area contributed by atoms with Crippen molar-refractivity contribution in [2.24, 2.45) is 4.99 Å². The van der Waals surface area contributed by atoms with Crippen LogP contribution < -0.4 is 10.4 Å². The molecule has 2 heterocycles. The van der Waals surface area contributed by atoms with Crippen molar-refractivity contribution in [3.8, 4) is 0 Å². The monoisotopic (exact) mass is 447 g/mol. The van der Waals surface area contributed by atoms with Gasteiger partial charge in [-0.3, -0.25) is 10.1 Å². The molecular formula is C15H26N7O3PS2. The topological polar surface area (TPSA) is 151 Å². The number of nitrogens with zero attached hydrogens (tertiary/aromatic N) is 3. The predicted molar refractivity (Wildman–Crippen MR) is 114 cm³/mol. The molecule has 156 valence electrons. The molecule has 28 heavy (non-hydrogen) atoms. The summed E-state index contributed by atoms with van der Waals surface area (Å²) in [6.07, 6.45) is 3.34. The molecule has 0 unspecified atom stereocenters. The summed E-state index contributed by atoms with van der Waals surface area (Å²) in [6.45, 7) is 4.91. The smallest absolute Gasteiger partial charge is 0.355 e. The summed E-state index contributed by atoms with van der Waals surface area (Å²) in [6, 6.07) is 0. The van der Waals surface area contributed by atoms with E-state index < -0.39 is 7.75 Å². The Balaban J connectivity index is 1.70. The normalized spacial score (nSPS) is 12.4. The molecule has 2 rings (SSSR count). The van der Waals surface area contributed by atoms with Gasteiger partial charge in [-0.15, -0.1) is 0 Å². The Labute approximate surface area is 172 Å². The first-order valence-corrected chi connectivity index (χ1v) is 12.5. The fraction of sp³-hybridized carbons (Fsp3) is 0.533. The summed E-state index contributed by atoms with van der Waals surface area (Å²) < 4.78 is 11.2. The number of aromatic amines is 2. The second-order valence-corrected chi connectivity index (χ2v) is 9.39. The number of hydrogen-bond acceptors (Lipinski definition) is 6. The maximum Gasteiger partial charge on any atom is 0.429 e. The molecule has 0 aliphatic heterocycles. The third-order valence-corrected chi connectivity index (χ3v) is 6.06. The number of aliphatic imine (C=N–C) groups is 1. The first kappa shape index (κ1) is 22.8. The average Bonchev–Trinajstić information content (AvgIpc) is 3.21. The fourth-order valence-corrected chi connectivity index (χ4v) is 4.29. The first-order chi connectivity index (χ1) is 13.3. The van der Waals surface area contributed by atoms with Gasteiger partial charge in [0.1, 0.15) is 0 Å². The molecule has 0 spiro atoms. The highest BCUT2D eigenvalue weighted by atomic mass is 32.2. The summed E-state index contributed by atoms with van der Waals surface area (Å²) >= 11 is 3.34. The average molecular weight is 448 g/mol. The molecule has 0 saturated carbocycles. The van der Waals surface area contributed by atoms with Gasteiger partial charge in [-0.25, -0.2) is 14.5 Å². The third-order valence-electron chi connectivity index (χ3n) is 3.64. The molecule has 0 radical (unpaired) electrons. The van der Waals surface area contributed by atoms with E-state index >= 15 is 0 Å². The van der Waals surface area contributed by atoms with Crippen LogP contribution in [-0.2, 0) is 16.1 Å². The van der Waals surface area contributed by atoms with Gasteiger partial charge in [-0.05, 0) is 13.8 Å². The molecule has 6 N–H and O–H groups in total. The van der Waals surface area contributed by atoms with E-state index in [9.17, 15) is 4.57 Å². The fourth-order valence-electron chi connectivity index (χ4n) is 2.14. The van der Waals surface area contributed by atoms with Gasteiger partial charge >= 0.3 is 7.75 Å². The molecule has 0 fully saturated rings. The van der Waals surface area contributed by atoms with Crippen molar-refractivity contribution in [1.82, 2.24) is 30.3 Å². The van der Waals surface area contributed by atoms with Gasteiger partial charge < -0.3 is 25.1 Å². The van der Waals surface area contributed by atoms with E-state index in [-0.39, 0.29) is 5.96 Å². The van der Waals surface area contributed by atoms with Gasteiger partial charge in [0.15, 0.2) is 5.96 Å². The minimum atomic E-state index is -4.41. The van der Waals surface area contributed by atoms with E-state index in [1.54, 1.807) is 36.2 Å². The number of guanidine groups is 1. The van der Waals surface area contributed by atoms with Gasteiger partial charge in [0.2, 0.25) is 0 Å². The summed E-state index contributed by atoms with van der Waals surface area (Å²) in [5, 5.41) is 5.09. The number of H-pyrrole nitrogens is 2. The number of nitrogens with one attached hydrogen (secondary N) is 4. The van der Waals surface area contributed by atoms with Gasteiger partial charge in [-0.1, -0.05) is 0 Å². The quantitative estimate of drug-likeness (QED) is 0.130. The van der Waals surface area contributed by atoms with Crippen molar-refractivity contribution in [3.05, 3.63) is 35.4 Å². The van der Waals surface area contributed by atoms with Crippen LogP contribution in [0.4, 0.5) is 0 Å². The Bertz CT molecular complexity index is 805. The van der Waals surface area contributed by atoms with E-state index in [2.05, 4.69) is 35.3 Å². The van der Waals surface area contributed by atoms with Gasteiger partial charge in [0.05, 0.1) is 30.6 Å². The van der Waals surface area contributed by atoms with Crippen LogP contribution in [0.5, 0.6) is 0 Å². The number of rotatable bonds is 11. The van der Waals surface area contributed by atoms with E-state index in [1.807, 2.05) is 13.8 Å². The minimum Gasteiger partial charge on any atom is -0.355 e. The highest BCUT2D eigenvalue weighted by Gasteiger charge is 2.15. The second kappa shape index (κ2) is 11.5. The lowest BCUT2D eigenvalue weighted by Gasteiger charge is -2.13. The Hall–Kier alpha value is -1.46. The Morgan fingerprint density at radius 1 is 1.11 bits per heavy atom. The zero-order valence-electron chi connectivity index (χ0n) is 15.8. The molecule has 0 aliphatic carbocycles. The zero-order chi connectivity index (χ0) is 20.4. The largest absolute Gasteiger partial charge is 0.429 e. The number of aryl methyl sites for hydroxylation is 2. The predicted octanol–water partition coefficient (Wildman–Crippen LogP) is 1.54. The lowest BCUT2D eigenvalue weighted by Crippen LogP contribution is -2.37. The number of aromatic nitrogens is 4. The Morgan fingerprint density at radius 3 is 2.18 bits per heavy atom. The van der Waals surface area contributed by atoms with Crippen LogP contribution in [0.2, 0.25) is 0 Å². The summed E-state index contributed by atoms with van der Waals surface area (Å²) in [5.41, 5.74) is 4.11. The number of thioether (sulfide) groups is 2. The van der Waals surface area contributed by atoms with E-state index in [0.29, 0.717) is 18.8 Å². The van der Waals surface area contributed by atoms with Gasteiger partial charge in [0, 0.05) is 40.9 Å². The second-order valence-electron chi connectivity index (χ2n) is 5.87. The van der Waals surface area contributed by atoms with Crippen molar-refractivity contribution in [3.63, 3.8) is 0 Å². The molecule has 2 aromatic heterocycles. The van der Waals surface area contributed by atoms with Crippen molar-refractivity contribution < 1.29 is 14.4 Å². The lowest BCUT2D eigenvalue weighted by molar-refractivity contribution is 0.366. The molecule has 0 bridgehead atoms. The van der Waals surface area contributed by atoms with Crippen molar-refractivity contribution in [2.45, 2.75) is 25.4 Å². The molecule has 0 aromatic carbocycles. The van der Waals surface area contributed by atoms with E-state index in [1.165, 1.54) is 0 Å². The maximum atomic E-state index is 11.2. The molecule has 10 nitrogen and oxygen atoms in total. The molecular weight excluding hydrogens is 421 g/mol. The van der Waals surface area contributed by atoms with Crippen LogP contribution >= 0.6 is 31.3 Å².